The van der Waals surface area contributed by atoms with Crippen molar-refractivity contribution in [1.29, 1.82) is 0 Å². The molecule has 0 aromatic rings. The number of nitrogens with zero attached hydrogens (tertiary/aromatic N) is 1. The minimum absolute atomic E-state index is 0.470. The molecule has 0 atom stereocenters. The first kappa shape index (κ1) is 15.9. The molecule has 0 aromatic heterocycles. The Kier molecular flexibility index (Phi) is 11.3. The van der Waals surface area contributed by atoms with Crippen LogP contribution in [0.15, 0.2) is 0 Å². The van der Waals surface area contributed by atoms with Gasteiger partial charge >= 0.3 is 0 Å². The summed E-state index contributed by atoms with van der Waals surface area (Å²) >= 11 is 0. The summed E-state index contributed by atoms with van der Waals surface area (Å²) in [7, 11) is 0. The molecule has 0 aliphatic carbocycles. The van der Waals surface area contributed by atoms with E-state index in [2.05, 4.69) is 18.7 Å². The SMILES string of the molecule is CCCCCN(CCCCC)CCC(O)O. The Morgan fingerprint density at radius 1 is 0.812 bits per heavy atom. The zero-order valence-corrected chi connectivity index (χ0v) is 11.0. The molecule has 0 rings (SSSR count). The summed E-state index contributed by atoms with van der Waals surface area (Å²) in [5.41, 5.74) is 0. The molecular formula is C13H29NO2. The van der Waals surface area contributed by atoms with Crippen molar-refractivity contribution in [2.75, 3.05) is 19.6 Å². The smallest absolute Gasteiger partial charge is 0.152 e. The van der Waals surface area contributed by atoms with Gasteiger partial charge in [-0.1, -0.05) is 39.5 Å². The van der Waals surface area contributed by atoms with Gasteiger partial charge in [-0.25, -0.2) is 0 Å². The van der Waals surface area contributed by atoms with E-state index in [1.807, 2.05) is 0 Å². The van der Waals surface area contributed by atoms with E-state index in [0.29, 0.717) is 6.42 Å². The van der Waals surface area contributed by atoms with Gasteiger partial charge in [-0.3, -0.25) is 0 Å². The zero-order chi connectivity index (χ0) is 12.2. The van der Waals surface area contributed by atoms with Crippen molar-refractivity contribution < 1.29 is 10.2 Å². The van der Waals surface area contributed by atoms with Crippen LogP contribution < -0.4 is 0 Å². The first-order chi connectivity index (χ1) is 7.70. The molecule has 0 amide bonds. The second kappa shape index (κ2) is 11.4. The third-order valence-electron chi connectivity index (χ3n) is 2.86. The second-order valence-electron chi connectivity index (χ2n) is 4.53. The average Bonchev–Trinajstić information content (AvgIpc) is 2.25. The lowest BCUT2D eigenvalue weighted by molar-refractivity contribution is -0.0504. The van der Waals surface area contributed by atoms with E-state index in [0.717, 1.165) is 19.6 Å². The fraction of sp³-hybridized carbons (Fsp3) is 1.00. The molecule has 0 aliphatic rings. The molecule has 0 radical (unpaired) electrons. The van der Waals surface area contributed by atoms with Crippen LogP contribution in [0.4, 0.5) is 0 Å². The summed E-state index contributed by atoms with van der Waals surface area (Å²) in [6, 6.07) is 0. The minimum Gasteiger partial charge on any atom is -0.368 e. The van der Waals surface area contributed by atoms with E-state index in [4.69, 9.17) is 10.2 Å². The minimum atomic E-state index is -1.15. The number of hydrogen-bond donors (Lipinski definition) is 2. The summed E-state index contributed by atoms with van der Waals surface area (Å²) in [4.78, 5) is 2.37. The van der Waals surface area contributed by atoms with Gasteiger partial charge in [0.2, 0.25) is 0 Å². The number of hydrogen-bond acceptors (Lipinski definition) is 3. The second-order valence-corrected chi connectivity index (χ2v) is 4.53. The van der Waals surface area contributed by atoms with Crippen LogP contribution in [0.25, 0.3) is 0 Å². The molecule has 16 heavy (non-hydrogen) atoms. The van der Waals surface area contributed by atoms with Crippen molar-refractivity contribution in [1.82, 2.24) is 4.90 Å². The van der Waals surface area contributed by atoms with Crippen molar-refractivity contribution in [2.45, 2.75) is 65.1 Å². The molecule has 0 fully saturated rings. The highest BCUT2D eigenvalue weighted by Gasteiger charge is 2.06. The predicted octanol–water partition coefficient (Wildman–Crippen LogP) is 2.37. The molecule has 0 aliphatic heterocycles. The summed E-state index contributed by atoms with van der Waals surface area (Å²) in [6.45, 7) is 7.43. The number of aliphatic hydroxyl groups is 2. The van der Waals surface area contributed by atoms with Gasteiger partial charge in [0.15, 0.2) is 6.29 Å². The van der Waals surface area contributed by atoms with Gasteiger partial charge < -0.3 is 15.1 Å². The molecular weight excluding hydrogens is 202 g/mol. The Morgan fingerprint density at radius 2 is 1.31 bits per heavy atom. The Hall–Kier alpha value is -0.120. The van der Waals surface area contributed by atoms with Crippen LogP contribution >= 0.6 is 0 Å². The van der Waals surface area contributed by atoms with Crippen LogP contribution in [-0.4, -0.2) is 41.0 Å². The molecule has 0 saturated heterocycles. The van der Waals surface area contributed by atoms with Crippen LogP contribution in [0.2, 0.25) is 0 Å². The maximum Gasteiger partial charge on any atom is 0.152 e. The molecule has 3 nitrogen and oxygen atoms in total. The van der Waals surface area contributed by atoms with Crippen LogP contribution in [0.3, 0.4) is 0 Å². The van der Waals surface area contributed by atoms with E-state index in [9.17, 15) is 0 Å². The Bertz CT molecular complexity index is 130. The van der Waals surface area contributed by atoms with Gasteiger partial charge in [0, 0.05) is 13.0 Å². The average molecular weight is 231 g/mol. The number of unbranched alkanes of at least 4 members (excludes halogenated alkanes) is 4. The van der Waals surface area contributed by atoms with Crippen molar-refractivity contribution in [3.8, 4) is 0 Å². The highest BCUT2D eigenvalue weighted by molar-refractivity contribution is 4.59. The standard InChI is InChI=1S/C13H29NO2/c1-3-5-7-10-14(11-8-6-4-2)12-9-13(15)16/h13,15-16H,3-12H2,1-2H3. The maximum atomic E-state index is 8.87. The molecule has 0 aromatic carbocycles. The van der Waals surface area contributed by atoms with Gasteiger partial charge in [-0.05, 0) is 25.9 Å². The summed E-state index contributed by atoms with van der Waals surface area (Å²) in [6.07, 6.45) is 6.79. The molecule has 0 bridgehead atoms. The fourth-order valence-corrected chi connectivity index (χ4v) is 1.80. The maximum absolute atomic E-state index is 8.87. The summed E-state index contributed by atoms with van der Waals surface area (Å²) in [5.74, 6) is 0. The normalized spacial score (nSPS) is 11.6. The van der Waals surface area contributed by atoms with Gasteiger partial charge in [-0.15, -0.1) is 0 Å². The summed E-state index contributed by atoms with van der Waals surface area (Å²) < 4.78 is 0. The zero-order valence-electron chi connectivity index (χ0n) is 11.0. The highest BCUT2D eigenvalue weighted by Crippen LogP contribution is 2.04. The first-order valence-electron chi connectivity index (χ1n) is 6.79. The monoisotopic (exact) mass is 231 g/mol. The predicted molar refractivity (Wildman–Crippen MR) is 68.3 cm³/mol. The van der Waals surface area contributed by atoms with Gasteiger partial charge in [0.05, 0.1) is 0 Å². The molecule has 98 valence electrons. The van der Waals surface area contributed by atoms with Gasteiger partial charge in [0.25, 0.3) is 0 Å². The molecule has 0 spiro atoms. The van der Waals surface area contributed by atoms with Crippen molar-refractivity contribution in [2.24, 2.45) is 0 Å². The van der Waals surface area contributed by atoms with E-state index in [1.54, 1.807) is 0 Å². The lowest BCUT2D eigenvalue weighted by Crippen LogP contribution is -2.29. The molecule has 0 saturated carbocycles. The molecule has 0 unspecified atom stereocenters. The molecule has 3 heteroatoms. The third kappa shape index (κ3) is 10.4. The Labute approximate surface area is 100 Å². The van der Waals surface area contributed by atoms with E-state index in [1.165, 1.54) is 38.5 Å². The fourth-order valence-electron chi connectivity index (χ4n) is 1.80. The van der Waals surface area contributed by atoms with Gasteiger partial charge in [-0.2, -0.15) is 0 Å². The third-order valence-corrected chi connectivity index (χ3v) is 2.86. The summed E-state index contributed by atoms with van der Waals surface area (Å²) in [5, 5.41) is 17.7. The van der Waals surface area contributed by atoms with Gasteiger partial charge in [0.1, 0.15) is 0 Å². The Morgan fingerprint density at radius 3 is 1.69 bits per heavy atom. The van der Waals surface area contributed by atoms with Crippen molar-refractivity contribution in [3.63, 3.8) is 0 Å². The quantitative estimate of drug-likeness (QED) is 0.424. The molecule has 2 N–H and O–H groups in total. The first-order valence-corrected chi connectivity index (χ1v) is 6.79. The van der Waals surface area contributed by atoms with E-state index >= 15 is 0 Å². The number of rotatable bonds is 11. The topological polar surface area (TPSA) is 43.7 Å². The lowest BCUT2D eigenvalue weighted by atomic mass is 10.2. The van der Waals surface area contributed by atoms with E-state index in [-0.39, 0.29) is 0 Å². The van der Waals surface area contributed by atoms with Crippen LogP contribution in [-0.2, 0) is 0 Å². The van der Waals surface area contributed by atoms with Crippen LogP contribution in [0.5, 0.6) is 0 Å². The van der Waals surface area contributed by atoms with Crippen LogP contribution in [0.1, 0.15) is 58.8 Å². The van der Waals surface area contributed by atoms with Crippen molar-refractivity contribution in [3.05, 3.63) is 0 Å². The lowest BCUT2D eigenvalue weighted by Gasteiger charge is -2.22. The van der Waals surface area contributed by atoms with Crippen molar-refractivity contribution >= 4 is 0 Å². The Balaban J connectivity index is 3.67. The number of aliphatic hydroxyl groups excluding tert-OH is 1. The highest BCUT2D eigenvalue weighted by atomic mass is 16.5. The van der Waals surface area contributed by atoms with Crippen LogP contribution in [0, 0.1) is 0 Å². The largest absolute Gasteiger partial charge is 0.368 e. The molecule has 0 heterocycles. The van der Waals surface area contributed by atoms with E-state index < -0.39 is 6.29 Å².